The second-order valence-corrected chi connectivity index (χ2v) is 14.2. The highest BCUT2D eigenvalue weighted by Gasteiger charge is 2.60. The van der Waals surface area contributed by atoms with Gasteiger partial charge in [0.2, 0.25) is 0 Å². The van der Waals surface area contributed by atoms with Gasteiger partial charge in [-0.05, 0) is 82.1 Å². The van der Waals surface area contributed by atoms with Gasteiger partial charge in [-0.25, -0.2) is 0 Å². The van der Waals surface area contributed by atoms with Crippen molar-refractivity contribution in [2.75, 3.05) is 0 Å². The molecule has 0 spiro atoms. The van der Waals surface area contributed by atoms with E-state index in [4.69, 9.17) is 0 Å². The maximum absolute atomic E-state index is 11.9. The van der Waals surface area contributed by atoms with E-state index >= 15 is 0 Å². The third-order valence-corrected chi connectivity index (χ3v) is 13.0. The van der Waals surface area contributed by atoms with Gasteiger partial charge in [-0.1, -0.05) is 66.7 Å². The van der Waals surface area contributed by atoms with Crippen LogP contribution >= 0.6 is 7.26 Å². The van der Waals surface area contributed by atoms with Gasteiger partial charge in [0.25, 0.3) is 0 Å². The van der Waals surface area contributed by atoms with Crippen molar-refractivity contribution in [2.45, 2.75) is 45.9 Å². The molecule has 0 aliphatic carbocycles. The maximum Gasteiger partial charge on any atom is 0.126 e. The summed E-state index contributed by atoms with van der Waals surface area (Å²) in [5.41, 5.74) is 2.42. The molecule has 1 atom stereocenters. The molecule has 0 heterocycles. The van der Waals surface area contributed by atoms with Crippen LogP contribution in [0, 0.1) is 20.8 Å². The number of hydrogen-bond donors (Lipinski definition) is 3. The molecule has 1 unspecified atom stereocenters. The van der Waals surface area contributed by atoms with Crippen LogP contribution in [0.4, 0.5) is 0 Å². The molecule has 0 fully saturated rings. The van der Waals surface area contributed by atoms with Crippen LogP contribution in [-0.4, -0.2) is 26.6 Å². The second kappa shape index (κ2) is 10.5. The normalized spacial score (nSPS) is 13.1. The second-order valence-electron chi connectivity index (χ2n) is 10.1. The van der Waals surface area contributed by atoms with Crippen LogP contribution in [0.2, 0.25) is 0 Å². The summed E-state index contributed by atoms with van der Waals surface area (Å²) in [7, 11) is -2.40. The Morgan fingerprint density at radius 2 is 1.00 bits per heavy atom. The van der Waals surface area contributed by atoms with Crippen LogP contribution in [0.3, 0.4) is 0 Å². The van der Waals surface area contributed by atoms with E-state index in [0.717, 1.165) is 0 Å². The molecule has 0 aromatic heterocycles. The molecule has 0 saturated heterocycles. The molecule has 0 aliphatic rings. The number of hydrogen-bond acceptors (Lipinski definition) is 3. The van der Waals surface area contributed by atoms with Crippen molar-refractivity contribution in [3.05, 3.63) is 119 Å². The van der Waals surface area contributed by atoms with Crippen molar-refractivity contribution in [1.82, 2.24) is 0 Å². The fraction of sp³-hybridized carbons (Fsp3) is 0.212. The van der Waals surface area contributed by atoms with Crippen LogP contribution in [0.1, 0.15) is 36.1 Å². The molecule has 0 bridgehead atoms. The fourth-order valence-corrected chi connectivity index (χ4v) is 10.6. The molecule has 4 aromatic rings. The third kappa shape index (κ3) is 4.48. The highest BCUT2D eigenvalue weighted by atomic mass is 31.2. The summed E-state index contributed by atoms with van der Waals surface area (Å²) in [6.45, 7) is 9.63. The van der Waals surface area contributed by atoms with Gasteiger partial charge >= 0.3 is 0 Å². The number of aromatic hydroxyl groups is 2. The zero-order chi connectivity index (χ0) is 26.8. The molecule has 37 heavy (non-hydrogen) atoms. The molecular formula is C33H36O3P+. The summed E-state index contributed by atoms with van der Waals surface area (Å²) in [6.07, 6.45) is 2.66. The van der Waals surface area contributed by atoms with Gasteiger partial charge in [-0.3, -0.25) is 0 Å². The first-order chi connectivity index (χ1) is 17.6. The maximum atomic E-state index is 11.9. The Labute approximate surface area is 221 Å². The van der Waals surface area contributed by atoms with Crippen molar-refractivity contribution in [1.29, 1.82) is 0 Å². The van der Waals surface area contributed by atoms with Gasteiger partial charge in [0.05, 0.1) is 0 Å². The largest absolute Gasteiger partial charge is 0.507 e. The lowest BCUT2D eigenvalue weighted by atomic mass is 9.96. The minimum absolute atomic E-state index is 0.129. The van der Waals surface area contributed by atoms with Crippen LogP contribution in [0.15, 0.2) is 97.1 Å². The lowest BCUT2D eigenvalue weighted by Crippen LogP contribution is -2.50. The highest BCUT2D eigenvalue weighted by Crippen LogP contribution is 2.67. The first kappa shape index (κ1) is 26.7. The zero-order valence-corrected chi connectivity index (χ0v) is 23.1. The Bertz CT molecular complexity index is 1270. The van der Waals surface area contributed by atoms with Crippen molar-refractivity contribution < 1.29 is 15.3 Å². The average Bonchev–Trinajstić information content (AvgIpc) is 2.92. The third-order valence-electron chi connectivity index (χ3n) is 7.75. The SMILES string of the molecule is Cc1c(C)c(O)c(/C=C/C(O)C(C)(C)[P+](c2ccccc2)(c2ccccc2)c2ccccc2)c(C)c1O. The van der Waals surface area contributed by atoms with E-state index in [9.17, 15) is 15.3 Å². The van der Waals surface area contributed by atoms with E-state index in [-0.39, 0.29) is 11.5 Å². The quantitative estimate of drug-likeness (QED) is 0.205. The molecular weight excluding hydrogens is 475 g/mol. The van der Waals surface area contributed by atoms with Crippen molar-refractivity contribution >= 4 is 29.3 Å². The van der Waals surface area contributed by atoms with Crippen molar-refractivity contribution in [3.8, 4) is 11.5 Å². The zero-order valence-electron chi connectivity index (χ0n) is 22.2. The average molecular weight is 512 g/mol. The summed E-state index contributed by atoms with van der Waals surface area (Å²) in [5, 5.41) is 36.3. The van der Waals surface area contributed by atoms with Crippen LogP contribution in [-0.2, 0) is 0 Å². The minimum Gasteiger partial charge on any atom is -0.507 e. The summed E-state index contributed by atoms with van der Waals surface area (Å²) in [4.78, 5) is 0. The molecule has 4 aromatic carbocycles. The Morgan fingerprint density at radius 1 is 0.622 bits per heavy atom. The number of phenols is 2. The Hall–Kier alpha value is -3.39. The fourth-order valence-electron chi connectivity index (χ4n) is 5.37. The highest BCUT2D eigenvalue weighted by molar-refractivity contribution is 7.97. The lowest BCUT2D eigenvalue weighted by Gasteiger charge is -2.42. The predicted octanol–water partition coefficient (Wildman–Crippen LogP) is 6.17. The Morgan fingerprint density at radius 3 is 1.41 bits per heavy atom. The van der Waals surface area contributed by atoms with Crippen molar-refractivity contribution in [2.24, 2.45) is 0 Å². The van der Waals surface area contributed by atoms with E-state index in [1.807, 2.05) is 18.2 Å². The summed E-state index contributed by atoms with van der Waals surface area (Å²) in [6, 6.07) is 31.5. The van der Waals surface area contributed by atoms with E-state index in [1.165, 1.54) is 15.9 Å². The monoisotopic (exact) mass is 511 g/mol. The van der Waals surface area contributed by atoms with Gasteiger partial charge < -0.3 is 15.3 Å². The summed E-state index contributed by atoms with van der Waals surface area (Å²) >= 11 is 0. The van der Waals surface area contributed by atoms with Gasteiger partial charge in [0.15, 0.2) is 0 Å². The van der Waals surface area contributed by atoms with E-state index in [0.29, 0.717) is 22.3 Å². The molecule has 4 rings (SSSR count). The predicted molar refractivity (Wildman–Crippen MR) is 158 cm³/mol. The standard InChI is InChI=1S/C33H35O3P/c1-23-24(2)32(36)29(25(3)31(23)35)21-22-30(34)33(4,5)37(26-15-9-6-10-16-26,27-17-11-7-12-18-27)28-19-13-8-14-20-28/h6-22,30,34H,1-5H3,(H-,35,36)/p+1/b22-21+. The molecule has 0 radical (unpaired) electrons. The van der Waals surface area contributed by atoms with Crippen LogP contribution in [0.25, 0.3) is 6.08 Å². The number of rotatable bonds is 7. The number of benzene rings is 4. The number of aliphatic hydroxyl groups excluding tert-OH is 1. The first-order valence-corrected chi connectivity index (χ1v) is 14.4. The molecule has 0 amide bonds. The van der Waals surface area contributed by atoms with E-state index in [1.54, 1.807) is 32.9 Å². The van der Waals surface area contributed by atoms with Crippen molar-refractivity contribution in [3.63, 3.8) is 0 Å². The van der Waals surface area contributed by atoms with E-state index in [2.05, 4.69) is 86.6 Å². The smallest absolute Gasteiger partial charge is 0.126 e. The van der Waals surface area contributed by atoms with Gasteiger partial charge in [-0.15, -0.1) is 0 Å². The van der Waals surface area contributed by atoms with Crippen LogP contribution in [0.5, 0.6) is 11.5 Å². The number of phenolic OH excluding ortho intramolecular Hbond substituents is 2. The topological polar surface area (TPSA) is 60.7 Å². The molecule has 0 saturated carbocycles. The first-order valence-electron chi connectivity index (χ1n) is 12.6. The number of aliphatic hydroxyl groups is 1. The Kier molecular flexibility index (Phi) is 7.59. The lowest BCUT2D eigenvalue weighted by molar-refractivity contribution is 0.187. The van der Waals surface area contributed by atoms with Gasteiger partial charge in [0.1, 0.15) is 45.9 Å². The molecule has 0 aliphatic heterocycles. The minimum atomic E-state index is -2.40. The van der Waals surface area contributed by atoms with Gasteiger partial charge in [0, 0.05) is 11.1 Å². The van der Waals surface area contributed by atoms with Crippen LogP contribution < -0.4 is 15.9 Å². The Balaban J connectivity index is 1.95. The van der Waals surface area contributed by atoms with Gasteiger partial charge in [-0.2, -0.15) is 0 Å². The summed E-state index contributed by atoms with van der Waals surface area (Å²) < 4.78 is 0. The summed E-state index contributed by atoms with van der Waals surface area (Å²) in [5.74, 6) is 0.299. The molecule has 4 heteroatoms. The van der Waals surface area contributed by atoms with E-state index < -0.39 is 18.5 Å². The molecule has 190 valence electrons. The molecule has 3 nitrogen and oxygen atoms in total. The molecule has 3 N–H and O–H groups in total.